The van der Waals surface area contributed by atoms with Crippen LogP contribution in [0.25, 0.3) is 0 Å². The molecule has 39 heavy (non-hydrogen) atoms. The topological polar surface area (TPSA) is 12.0 Å². The molecule has 0 radical (unpaired) electrons. The van der Waals surface area contributed by atoms with E-state index in [-0.39, 0.29) is 0 Å². The standard InChI is InChI=1S/C38H79N/c1-4-7-9-11-13-15-17-19-21-23-25-27-29-31-33-35-37-39-38(6-3)36-34-32-30-28-26-24-22-20-18-16-14-12-10-8-5-2/h38-39H,4-37H2,1-3H3. The van der Waals surface area contributed by atoms with Gasteiger partial charge < -0.3 is 5.32 Å². The quantitative estimate of drug-likeness (QED) is 0.0775. The van der Waals surface area contributed by atoms with Gasteiger partial charge in [0.15, 0.2) is 0 Å². The lowest BCUT2D eigenvalue weighted by atomic mass is 10.0. The summed E-state index contributed by atoms with van der Waals surface area (Å²) in [6, 6.07) is 0.767. The molecule has 0 bridgehead atoms. The summed E-state index contributed by atoms with van der Waals surface area (Å²) in [7, 11) is 0. The first-order chi connectivity index (χ1) is 19.3. The molecule has 0 saturated carbocycles. The average Bonchev–Trinajstić information content (AvgIpc) is 2.95. The maximum atomic E-state index is 3.87. The fraction of sp³-hybridized carbons (Fsp3) is 1.00. The third kappa shape index (κ3) is 34.1. The van der Waals surface area contributed by atoms with Gasteiger partial charge >= 0.3 is 0 Å². The van der Waals surface area contributed by atoms with E-state index >= 15 is 0 Å². The van der Waals surface area contributed by atoms with E-state index in [1.165, 1.54) is 218 Å². The smallest absolute Gasteiger partial charge is 0.00644 e. The van der Waals surface area contributed by atoms with Gasteiger partial charge in [-0.3, -0.25) is 0 Å². The molecule has 1 nitrogen and oxygen atoms in total. The lowest BCUT2D eigenvalue weighted by Crippen LogP contribution is -2.29. The summed E-state index contributed by atoms with van der Waals surface area (Å²) in [5.74, 6) is 0. The molecular formula is C38H79N. The van der Waals surface area contributed by atoms with Gasteiger partial charge in [0.25, 0.3) is 0 Å². The molecule has 0 heterocycles. The molecule has 1 atom stereocenters. The van der Waals surface area contributed by atoms with Gasteiger partial charge in [0.1, 0.15) is 0 Å². The van der Waals surface area contributed by atoms with Crippen LogP contribution < -0.4 is 5.32 Å². The van der Waals surface area contributed by atoms with E-state index in [9.17, 15) is 0 Å². The zero-order valence-corrected chi connectivity index (χ0v) is 28.1. The lowest BCUT2D eigenvalue weighted by molar-refractivity contribution is 0.431. The first-order valence-corrected chi connectivity index (χ1v) is 19.1. The highest BCUT2D eigenvalue weighted by Crippen LogP contribution is 2.16. The number of hydrogen-bond donors (Lipinski definition) is 1. The fourth-order valence-electron chi connectivity index (χ4n) is 6.19. The van der Waals surface area contributed by atoms with Crippen molar-refractivity contribution >= 4 is 0 Å². The van der Waals surface area contributed by atoms with Crippen molar-refractivity contribution in [3.63, 3.8) is 0 Å². The number of rotatable bonds is 35. The monoisotopic (exact) mass is 550 g/mol. The van der Waals surface area contributed by atoms with E-state index in [2.05, 4.69) is 26.1 Å². The molecular weight excluding hydrogens is 470 g/mol. The van der Waals surface area contributed by atoms with E-state index in [1.807, 2.05) is 0 Å². The Morgan fingerprint density at radius 2 is 0.564 bits per heavy atom. The Kier molecular flexibility index (Phi) is 35.9. The molecule has 0 aliphatic rings. The SMILES string of the molecule is CCCCCCCCCCCCCCCCCCNC(CC)CCCCCCCCCCCCCCCCC. The molecule has 0 aromatic heterocycles. The van der Waals surface area contributed by atoms with E-state index in [0.717, 1.165) is 6.04 Å². The molecule has 0 fully saturated rings. The first-order valence-electron chi connectivity index (χ1n) is 19.1. The van der Waals surface area contributed by atoms with Crippen molar-refractivity contribution in [1.82, 2.24) is 5.32 Å². The molecule has 0 aliphatic carbocycles. The van der Waals surface area contributed by atoms with Crippen molar-refractivity contribution in [2.75, 3.05) is 6.54 Å². The van der Waals surface area contributed by atoms with Crippen LogP contribution in [0.4, 0.5) is 0 Å². The van der Waals surface area contributed by atoms with Gasteiger partial charge in [-0.2, -0.15) is 0 Å². The maximum absolute atomic E-state index is 3.87. The zero-order valence-electron chi connectivity index (χ0n) is 28.1. The summed E-state index contributed by atoms with van der Waals surface area (Å²) in [6.45, 7) is 8.23. The average molecular weight is 550 g/mol. The summed E-state index contributed by atoms with van der Waals surface area (Å²) >= 11 is 0. The second-order valence-corrected chi connectivity index (χ2v) is 13.1. The predicted molar refractivity (Wildman–Crippen MR) is 181 cm³/mol. The Bertz CT molecular complexity index is 406. The molecule has 0 aromatic rings. The van der Waals surface area contributed by atoms with Crippen LogP contribution in [0.1, 0.15) is 233 Å². The van der Waals surface area contributed by atoms with E-state index in [4.69, 9.17) is 0 Å². The van der Waals surface area contributed by atoms with Crippen LogP contribution in [-0.4, -0.2) is 12.6 Å². The van der Waals surface area contributed by atoms with Gasteiger partial charge in [0, 0.05) is 6.04 Å². The molecule has 1 N–H and O–H groups in total. The van der Waals surface area contributed by atoms with Gasteiger partial charge in [0.05, 0.1) is 0 Å². The van der Waals surface area contributed by atoms with E-state index < -0.39 is 0 Å². The van der Waals surface area contributed by atoms with Crippen LogP contribution in [0, 0.1) is 0 Å². The van der Waals surface area contributed by atoms with Crippen molar-refractivity contribution < 1.29 is 0 Å². The summed E-state index contributed by atoms with van der Waals surface area (Å²) in [5.41, 5.74) is 0. The molecule has 0 aromatic carbocycles. The zero-order chi connectivity index (χ0) is 28.3. The van der Waals surface area contributed by atoms with Crippen molar-refractivity contribution in [2.45, 2.75) is 239 Å². The van der Waals surface area contributed by atoms with Crippen LogP contribution in [0.3, 0.4) is 0 Å². The highest BCUT2D eigenvalue weighted by molar-refractivity contribution is 4.65. The summed E-state index contributed by atoms with van der Waals surface area (Å²) in [5, 5.41) is 3.87. The van der Waals surface area contributed by atoms with Gasteiger partial charge in [0.2, 0.25) is 0 Å². The van der Waals surface area contributed by atoms with E-state index in [1.54, 1.807) is 0 Å². The fourth-order valence-corrected chi connectivity index (χ4v) is 6.19. The third-order valence-electron chi connectivity index (χ3n) is 9.11. The van der Waals surface area contributed by atoms with Crippen LogP contribution in [0.15, 0.2) is 0 Å². The number of nitrogens with one attached hydrogen (secondary N) is 1. The van der Waals surface area contributed by atoms with Gasteiger partial charge in [-0.05, 0) is 25.8 Å². The molecule has 0 saturated heterocycles. The van der Waals surface area contributed by atoms with E-state index in [0.29, 0.717) is 0 Å². The van der Waals surface area contributed by atoms with Crippen molar-refractivity contribution in [3.8, 4) is 0 Å². The Balaban J connectivity index is 3.25. The Hall–Kier alpha value is -0.0400. The Labute approximate surface area is 250 Å². The molecule has 0 amide bonds. The molecule has 0 aliphatic heterocycles. The van der Waals surface area contributed by atoms with Gasteiger partial charge in [-0.1, -0.05) is 213 Å². The van der Waals surface area contributed by atoms with Crippen molar-refractivity contribution in [2.24, 2.45) is 0 Å². The Morgan fingerprint density at radius 1 is 0.308 bits per heavy atom. The minimum absolute atomic E-state index is 0.767. The van der Waals surface area contributed by atoms with Crippen molar-refractivity contribution in [3.05, 3.63) is 0 Å². The van der Waals surface area contributed by atoms with Crippen LogP contribution in [0.2, 0.25) is 0 Å². The third-order valence-corrected chi connectivity index (χ3v) is 9.11. The highest BCUT2D eigenvalue weighted by atomic mass is 14.9. The minimum Gasteiger partial charge on any atom is -0.314 e. The predicted octanol–water partition coefficient (Wildman–Crippen LogP) is 13.9. The second kappa shape index (κ2) is 36.0. The number of hydrogen-bond acceptors (Lipinski definition) is 1. The molecule has 0 rings (SSSR count). The molecule has 0 spiro atoms. The normalized spacial score (nSPS) is 12.4. The molecule has 1 unspecified atom stereocenters. The van der Waals surface area contributed by atoms with Crippen molar-refractivity contribution in [1.29, 1.82) is 0 Å². The van der Waals surface area contributed by atoms with Gasteiger partial charge in [-0.15, -0.1) is 0 Å². The van der Waals surface area contributed by atoms with Gasteiger partial charge in [-0.25, -0.2) is 0 Å². The van der Waals surface area contributed by atoms with Crippen LogP contribution >= 0.6 is 0 Å². The first kappa shape index (κ1) is 39.0. The van der Waals surface area contributed by atoms with Crippen LogP contribution in [0.5, 0.6) is 0 Å². The lowest BCUT2D eigenvalue weighted by Gasteiger charge is -2.17. The second-order valence-electron chi connectivity index (χ2n) is 13.1. The number of unbranched alkanes of at least 4 members (excludes halogenated alkanes) is 29. The Morgan fingerprint density at radius 3 is 0.846 bits per heavy atom. The largest absolute Gasteiger partial charge is 0.314 e. The maximum Gasteiger partial charge on any atom is 0.00644 e. The summed E-state index contributed by atoms with van der Waals surface area (Å²) in [4.78, 5) is 0. The van der Waals surface area contributed by atoms with Crippen LogP contribution in [-0.2, 0) is 0 Å². The summed E-state index contributed by atoms with van der Waals surface area (Å²) in [6.07, 6.45) is 48.0. The molecule has 1 heteroatoms. The summed E-state index contributed by atoms with van der Waals surface area (Å²) < 4.78 is 0. The highest BCUT2D eigenvalue weighted by Gasteiger charge is 2.05. The minimum atomic E-state index is 0.767. The molecule has 236 valence electrons.